The van der Waals surface area contributed by atoms with E-state index in [1.54, 1.807) is 0 Å². The summed E-state index contributed by atoms with van der Waals surface area (Å²) in [4.78, 5) is 39.2. The van der Waals surface area contributed by atoms with Crippen molar-refractivity contribution in [2.45, 2.75) is 57.6 Å². The molecular formula is C22H28INO5. The Hall–Kier alpha value is -1.64. The number of carbonyl (C=O) groups excluding carboxylic acids is 3. The van der Waals surface area contributed by atoms with Gasteiger partial charge in [0.2, 0.25) is 5.91 Å². The minimum absolute atomic E-state index is 0.111. The van der Waals surface area contributed by atoms with Crippen molar-refractivity contribution in [2.24, 2.45) is 11.8 Å². The number of ether oxygens (including phenoxy) is 2. The summed E-state index contributed by atoms with van der Waals surface area (Å²) in [6, 6.07) is 9.48. The number of cyclic esters (lactones) is 2. The van der Waals surface area contributed by atoms with Crippen LogP contribution in [0.25, 0.3) is 0 Å². The van der Waals surface area contributed by atoms with Crippen molar-refractivity contribution in [2.75, 3.05) is 11.0 Å². The molecule has 2 aliphatic rings. The van der Waals surface area contributed by atoms with Crippen molar-refractivity contribution in [1.82, 2.24) is 4.90 Å². The van der Waals surface area contributed by atoms with Gasteiger partial charge in [-0.25, -0.2) is 9.69 Å². The molecule has 2 aliphatic heterocycles. The average molecular weight is 513 g/mol. The first kappa shape index (κ1) is 22.1. The largest absolute Gasteiger partial charge is 0.458 e. The second-order valence-corrected chi connectivity index (χ2v) is 8.75. The summed E-state index contributed by atoms with van der Waals surface area (Å²) in [7, 11) is 0. The van der Waals surface area contributed by atoms with Crippen LogP contribution in [0.2, 0.25) is 0 Å². The van der Waals surface area contributed by atoms with E-state index >= 15 is 0 Å². The quantitative estimate of drug-likeness (QED) is 0.297. The Bertz CT molecular complexity index is 755. The number of carbonyl (C=O) groups is 3. The molecule has 0 radical (unpaired) electrons. The molecule has 1 aromatic carbocycles. The van der Waals surface area contributed by atoms with Gasteiger partial charge in [0.25, 0.3) is 0 Å². The van der Waals surface area contributed by atoms with Gasteiger partial charge in [0, 0.05) is 16.8 Å². The molecule has 0 unspecified atom stereocenters. The van der Waals surface area contributed by atoms with Gasteiger partial charge in [-0.1, -0.05) is 66.8 Å². The number of hydrogen-bond acceptors (Lipinski definition) is 5. The van der Waals surface area contributed by atoms with E-state index in [1.165, 1.54) is 4.90 Å². The highest BCUT2D eigenvalue weighted by atomic mass is 127. The Balaban J connectivity index is 1.75. The van der Waals surface area contributed by atoms with E-state index in [4.69, 9.17) is 9.47 Å². The van der Waals surface area contributed by atoms with Crippen molar-refractivity contribution in [3.8, 4) is 0 Å². The van der Waals surface area contributed by atoms with Gasteiger partial charge in [0.05, 0.1) is 12.0 Å². The molecule has 0 aliphatic carbocycles. The number of alkyl halides is 1. The molecule has 2 fully saturated rings. The predicted octanol–water partition coefficient (Wildman–Crippen LogP) is 4.14. The number of hydrogen-bond donors (Lipinski definition) is 0. The zero-order chi connectivity index (χ0) is 21.0. The number of nitrogens with zero attached hydrogens (tertiary/aromatic N) is 1. The van der Waals surface area contributed by atoms with Crippen LogP contribution in [0.3, 0.4) is 0 Å². The molecule has 1 aromatic rings. The minimum atomic E-state index is -0.632. The van der Waals surface area contributed by atoms with Crippen LogP contribution in [0.1, 0.15) is 45.1 Å². The molecule has 2 heterocycles. The number of amides is 2. The monoisotopic (exact) mass is 513 g/mol. The smallest absolute Gasteiger partial charge is 0.416 e. The Morgan fingerprint density at radius 3 is 2.59 bits per heavy atom. The van der Waals surface area contributed by atoms with Crippen molar-refractivity contribution >= 4 is 40.6 Å². The standard InChI is InChI=1S/C22H28INO5/c1-3-16(11-22(14-23)12-17(4-2)20(26)29-22)19(25)24-18(13-28-21(24)27)10-15-8-6-5-7-9-15/h5-9,16-18H,3-4,10-14H2,1-2H3/t16-,17-,18+,22-/m1/s1. The van der Waals surface area contributed by atoms with Crippen molar-refractivity contribution in [3.63, 3.8) is 0 Å². The molecular weight excluding hydrogens is 485 g/mol. The molecule has 6 nitrogen and oxygen atoms in total. The van der Waals surface area contributed by atoms with Crippen molar-refractivity contribution in [1.29, 1.82) is 0 Å². The molecule has 2 amide bonds. The molecule has 0 aromatic heterocycles. The van der Waals surface area contributed by atoms with Crippen LogP contribution >= 0.6 is 22.6 Å². The van der Waals surface area contributed by atoms with E-state index in [9.17, 15) is 14.4 Å². The Kier molecular flexibility index (Phi) is 7.19. The van der Waals surface area contributed by atoms with Crippen LogP contribution < -0.4 is 0 Å². The lowest BCUT2D eigenvalue weighted by atomic mass is 9.84. The van der Waals surface area contributed by atoms with E-state index in [0.29, 0.717) is 30.1 Å². The first-order chi connectivity index (χ1) is 13.9. The molecule has 3 rings (SSSR count). The summed E-state index contributed by atoms with van der Waals surface area (Å²) >= 11 is 2.23. The van der Waals surface area contributed by atoms with Gasteiger partial charge in [-0.05, 0) is 31.2 Å². The third-order valence-electron chi connectivity index (χ3n) is 5.98. The zero-order valence-corrected chi connectivity index (χ0v) is 19.1. The van der Waals surface area contributed by atoms with Crippen LogP contribution in [0.15, 0.2) is 30.3 Å². The topological polar surface area (TPSA) is 72.9 Å². The summed E-state index contributed by atoms with van der Waals surface area (Å²) in [6.07, 6.45) is 2.38. The third kappa shape index (κ3) is 4.75. The van der Waals surface area contributed by atoms with Crippen LogP contribution in [0.4, 0.5) is 4.79 Å². The van der Waals surface area contributed by atoms with E-state index < -0.39 is 17.6 Å². The maximum absolute atomic E-state index is 13.3. The summed E-state index contributed by atoms with van der Waals surface area (Å²) in [5.74, 6) is -0.901. The lowest BCUT2D eigenvalue weighted by Gasteiger charge is -2.31. The lowest BCUT2D eigenvalue weighted by molar-refractivity contribution is -0.152. The first-order valence-corrected chi connectivity index (χ1v) is 11.8. The molecule has 158 valence electrons. The maximum Gasteiger partial charge on any atom is 0.416 e. The van der Waals surface area contributed by atoms with Gasteiger partial charge in [0.1, 0.15) is 12.2 Å². The Morgan fingerprint density at radius 2 is 2.00 bits per heavy atom. The summed E-state index contributed by atoms with van der Waals surface area (Å²) < 4.78 is 11.6. The molecule has 0 N–H and O–H groups in total. The second kappa shape index (κ2) is 9.45. The van der Waals surface area contributed by atoms with Gasteiger partial charge < -0.3 is 9.47 Å². The van der Waals surface area contributed by atoms with Crippen LogP contribution in [-0.4, -0.2) is 45.5 Å². The number of halogens is 1. The second-order valence-electron chi connectivity index (χ2n) is 7.99. The maximum atomic E-state index is 13.3. The average Bonchev–Trinajstić information content (AvgIpc) is 3.26. The summed E-state index contributed by atoms with van der Waals surface area (Å²) in [5, 5.41) is 0. The number of imide groups is 1. The molecule has 0 bridgehead atoms. The summed E-state index contributed by atoms with van der Waals surface area (Å²) in [6.45, 7) is 4.12. The number of benzene rings is 1. The van der Waals surface area contributed by atoms with Gasteiger partial charge in [-0.3, -0.25) is 9.59 Å². The Labute approximate surface area is 185 Å². The molecule has 7 heteroatoms. The van der Waals surface area contributed by atoms with Crippen LogP contribution in [0, 0.1) is 11.8 Å². The fourth-order valence-electron chi connectivity index (χ4n) is 4.26. The SMILES string of the molecule is CC[C@@H]1C[C@@](CI)(C[C@@H](CC)C(=O)N2C(=O)OC[C@@H]2Cc2ccccc2)OC1=O. The minimum Gasteiger partial charge on any atom is -0.458 e. The van der Waals surface area contributed by atoms with E-state index in [2.05, 4.69) is 22.6 Å². The van der Waals surface area contributed by atoms with E-state index in [1.807, 2.05) is 44.2 Å². The molecule has 2 saturated heterocycles. The first-order valence-electron chi connectivity index (χ1n) is 10.3. The fraction of sp³-hybridized carbons (Fsp3) is 0.591. The third-order valence-corrected chi connectivity index (χ3v) is 7.37. The lowest BCUT2D eigenvalue weighted by Crippen LogP contribution is -2.46. The highest BCUT2D eigenvalue weighted by Gasteiger charge is 2.49. The summed E-state index contributed by atoms with van der Waals surface area (Å²) in [5.41, 5.74) is 0.425. The highest BCUT2D eigenvalue weighted by molar-refractivity contribution is 14.1. The van der Waals surface area contributed by atoms with Gasteiger partial charge in [-0.2, -0.15) is 0 Å². The van der Waals surface area contributed by atoms with Crippen molar-refractivity contribution in [3.05, 3.63) is 35.9 Å². The highest BCUT2D eigenvalue weighted by Crippen LogP contribution is 2.40. The molecule has 4 atom stereocenters. The zero-order valence-electron chi connectivity index (χ0n) is 16.9. The normalized spacial score (nSPS) is 27.6. The predicted molar refractivity (Wildman–Crippen MR) is 117 cm³/mol. The fourth-order valence-corrected chi connectivity index (χ4v) is 5.04. The van der Waals surface area contributed by atoms with Crippen molar-refractivity contribution < 1.29 is 23.9 Å². The van der Waals surface area contributed by atoms with E-state index in [0.717, 1.165) is 12.0 Å². The van der Waals surface area contributed by atoms with Gasteiger partial charge >= 0.3 is 12.1 Å². The number of esters is 1. The molecule has 29 heavy (non-hydrogen) atoms. The Morgan fingerprint density at radius 1 is 1.28 bits per heavy atom. The number of rotatable bonds is 8. The molecule has 0 saturated carbocycles. The van der Waals surface area contributed by atoms with Crippen LogP contribution in [0.5, 0.6) is 0 Å². The van der Waals surface area contributed by atoms with Gasteiger partial charge in [-0.15, -0.1) is 0 Å². The van der Waals surface area contributed by atoms with Gasteiger partial charge in [0.15, 0.2) is 0 Å². The van der Waals surface area contributed by atoms with Crippen LogP contribution in [-0.2, 0) is 25.5 Å². The van der Waals surface area contributed by atoms with E-state index in [-0.39, 0.29) is 30.4 Å². The molecule has 0 spiro atoms.